The van der Waals surface area contributed by atoms with E-state index in [-0.39, 0.29) is 11.5 Å². The molecular formula is C13H10ClN5O2. The predicted molar refractivity (Wildman–Crippen MR) is 78.0 cm³/mol. The second-order valence-corrected chi connectivity index (χ2v) is 4.41. The monoisotopic (exact) mass is 303 g/mol. The standard InChI is InChI=1S/C13H10ClN5O2/c1-8-5-12(19-21-8)16-13(20)11(7-15)18-17-10-4-2-3-9(14)6-10/h2-6,17H,1H3,(H,16,19,20)/b18-11+. The number of rotatable bonds is 4. The van der Waals surface area contributed by atoms with Crippen molar-refractivity contribution in [2.24, 2.45) is 5.10 Å². The smallest absolute Gasteiger partial charge is 0.288 e. The van der Waals surface area contributed by atoms with E-state index < -0.39 is 5.91 Å². The fraction of sp³-hybridized carbons (Fsp3) is 0.0769. The van der Waals surface area contributed by atoms with Crippen LogP contribution in [-0.2, 0) is 4.79 Å². The van der Waals surface area contributed by atoms with Crippen molar-refractivity contribution in [3.05, 3.63) is 41.1 Å². The molecule has 0 aliphatic rings. The molecule has 0 saturated carbocycles. The van der Waals surface area contributed by atoms with E-state index in [0.717, 1.165) is 0 Å². The molecular weight excluding hydrogens is 294 g/mol. The first-order chi connectivity index (χ1) is 10.1. The first kappa shape index (κ1) is 14.6. The summed E-state index contributed by atoms with van der Waals surface area (Å²) in [6.45, 7) is 1.68. The van der Waals surface area contributed by atoms with E-state index in [1.165, 1.54) is 6.07 Å². The molecule has 106 valence electrons. The number of halogens is 1. The largest absolute Gasteiger partial charge is 0.360 e. The van der Waals surface area contributed by atoms with Gasteiger partial charge < -0.3 is 9.84 Å². The minimum atomic E-state index is -0.694. The number of hydrazone groups is 1. The lowest BCUT2D eigenvalue weighted by Crippen LogP contribution is -2.22. The molecule has 1 aromatic heterocycles. The highest BCUT2D eigenvalue weighted by Crippen LogP contribution is 2.14. The van der Waals surface area contributed by atoms with Crippen molar-refractivity contribution in [1.82, 2.24) is 5.16 Å². The van der Waals surface area contributed by atoms with Crippen molar-refractivity contribution in [2.45, 2.75) is 6.92 Å². The summed E-state index contributed by atoms with van der Waals surface area (Å²) < 4.78 is 4.80. The van der Waals surface area contributed by atoms with Crippen LogP contribution in [-0.4, -0.2) is 16.8 Å². The van der Waals surface area contributed by atoms with Gasteiger partial charge in [0.05, 0.1) is 5.69 Å². The van der Waals surface area contributed by atoms with Crippen molar-refractivity contribution in [3.8, 4) is 6.07 Å². The summed E-state index contributed by atoms with van der Waals surface area (Å²) >= 11 is 5.81. The number of nitrogens with zero attached hydrogens (tertiary/aromatic N) is 3. The molecule has 21 heavy (non-hydrogen) atoms. The lowest BCUT2D eigenvalue weighted by molar-refractivity contribution is -0.110. The molecule has 2 N–H and O–H groups in total. The maximum Gasteiger partial charge on any atom is 0.288 e. The van der Waals surface area contributed by atoms with Crippen LogP contribution in [0.2, 0.25) is 5.02 Å². The molecule has 2 rings (SSSR count). The van der Waals surface area contributed by atoms with Crippen LogP contribution in [0.3, 0.4) is 0 Å². The Morgan fingerprint density at radius 3 is 2.90 bits per heavy atom. The number of benzene rings is 1. The Kier molecular flexibility index (Phi) is 4.53. The maximum atomic E-state index is 11.8. The SMILES string of the molecule is Cc1cc(NC(=O)/C(C#N)=N/Nc2cccc(Cl)c2)no1. The Hall–Kier alpha value is -2.85. The molecule has 1 heterocycles. The van der Waals surface area contributed by atoms with Crippen molar-refractivity contribution in [2.75, 3.05) is 10.7 Å². The highest BCUT2D eigenvalue weighted by Gasteiger charge is 2.13. The Morgan fingerprint density at radius 2 is 2.29 bits per heavy atom. The van der Waals surface area contributed by atoms with E-state index in [2.05, 4.69) is 21.0 Å². The van der Waals surface area contributed by atoms with Gasteiger partial charge in [-0.3, -0.25) is 10.2 Å². The fourth-order valence-corrected chi connectivity index (χ4v) is 1.60. The Labute approximate surface area is 125 Å². The van der Waals surface area contributed by atoms with Gasteiger partial charge in [0.2, 0.25) is 5.71 Å². The number of aromatic nitrogens is 1. The van der Waals surface area contributed by atoms with Crippen molar-refractivity contribution in [3.63, 3.8) is 0 Å². The Bertz CT molecular complexity index is 732. The van der Waals surface area contributed by atoms with Crippen LogP contribution in [0, 0.1) is 18.3 Å². The molecule has 8 heteroatoms. The van der Waals surface area contributed by atoms with Crippen LogP contribution < -0.4 is 10.7 Å². The summed E-state index contributed by atoms with van der Waals surface area (Å²) in [6.07, 6.45) is 0. The van der Waals surface area contributed by atoms with Crippen molar-refractivity contribution < 1.29 is 9.32 Å². The fourth-order valence-electron chi connectivity index (χ4n) is 1.41. The third kappa shape index (κ3) is 4.06. The molecule has 7 nitrogen and oxygen atoms in total. The van der Waals surface area contributed by atoms with Gasteiger partial charge in [-0.2, -0.15) is 10.4 Å². The molecule has 0 saturated heterocycles. The second-order valence-electron chi connectivity index (χ2n) is 3.97. The normalized spacial score (nSPS) is 10.8. The molecule has 1 amide bonds. The van der Waals surface area contributed by atoms with Crippen molar-refractivity contribution >= 4 is 34.7 Å². The van der Waals surface area contributed by atoms with Crippen LogP contribution in [0.1, 0.15) is 5.76 Å². The summed E-state index contributed by atoms with van der Waals surface area (Å²) in [6, 6.07) is 9.94. The minimum Gasteiger partial charge on any atom is -0.360 e. The van der Waals surface area contributed by atoms with Crippen LogP contribution in [0.5, 0.6) is 0 Å². The third-order valence-electron chi connectivity index (χ3n) is 2.31. The van der Waals surface area contributed by atoms with E-state index in [4.69, 9.17) is 21.4 Å². The molecule has 1 aromatic carbocycles. The molecule has 0 fully saturated rings. The molecule has 0 aliphatic heterocycles. The average Bonchev–Trinajstić information content (AvgIpc) is 2.85. The zero-order valence-corrected chi connectivity index (χ0v) is 11.7. The number of anilines is 2. The number of carbonyl (C=O) groups is 1. The third-order valence-corrected chi connectivity index (χ3v) is 2.55. The van der Waals surface area contributed by atoms with Gasteiger partial charge in [-0.1, -0.05) is 22.8 Å². The first-order valence-corrected chi connectivity index (χ1v) is 6.20. The highest BCUT2D eigenvalue weighted by molar-refractivity contribution is 6.48. The van der Waals surface area contributed by atoms with Crippen LogP contribution >= 0.6 is 11.6 Å². The number of amides is 1. The first-order valence-electron chi connectivity index (χ1n) is 5.82. The van der Waals surface area contributed by atoms with Gasteiger partial charge in [-0.15, -0.1) is 0 Å². The number of aryl methyl sites for hydroxylation is 1. The second kappa shape index (κ2) is 6.54. The van der Waals surface area contributed by atoms with Crippen LogP contribution in [0.25, 0.3) is 0 Å². The summed E-state index contributed by atoms with van der Waals surface area (Å²) in [5, 5.41) is 19.2. The van der Waals surface area contributed by atoms with Crippen molar-refractivity contribution in [1.29, 1.82) is 5.26 Å². The lowest BCUT2D eigenvalue weighted by atomic mass is 10.3. The molecule has 0 aliphatic carbocycles. The van der Waals surface area contributed by atoms with E-state index in [9.17, 15) is 4.79 Å². The molecule has 0 unspecified atom stereocenters. The van der Waals surface area contributed by atoms with Gasteiger partial charge in [0.1, 0.15) is 11.8 Å². The molecule has 0 atom stereocenters. The molecule has 2 aromatic rings. The number of nitrogens with one attached hydrogen (secondary N) is 2. The average molecular weight is 304 g/mol. The topological polar surface area (TPSA) is 103 Å². The summed E-state index contributed by atoms with van der Waals surface area (Å²) in [5.74, 6) is 0.0568. The summed E-state index contributed by atoms with van der Waals surface area (Å²) in [5.41, 5.74) is 2.79. The maximum absolute atomic E-state index is 11.8. The zero-order chi connectivity index (χ0) is 15.2. The number of hydrogen-bond acceptors (Lipinski definition) is 6. The molecule has 0 bridgehead atoms. The van der Waals surface area contributed by atoms with Gasteiger partial charge in [0.15, 0.2) is 5.82 Å². The van der Waals surface area contributed by atoms with Gasteiger partial charge in [0.25, 0.3) is 5.91 Å². The summed E-state index contributed by atoms with van der Waals surface area (Å²) in [7, 11) is 0. The summed E-state index contributed by atoms with van der Waals surface area (Å²) in [4.78, 5) is 11.8. The quantitative estimate of drug-likeness (QED) is 0.667. The minimum absolute atomic E-state index is 0.211. The zero-order valence-electron chi connectivity index (χ0n) is 10.9. The van der Waals surface area contributed by atoms with Gasteiger partial charge in [-0.25, -0.2) is 0 Å². The molecule has 0 spiro atoms. The van der Waals surface area contributed by atoms with Gasteiger partial charge >= 0.3 is 0 Å². The number of carbonyl (C=O) groups excluding carboxylic acids is 1. The van der Waals surface area contributed by atoms with Crippen LogP contribution in [0.4, 0.5) is 11.5 Å². The van der Waals surface area contributed by atoms with Gasteiger partial charge in [-0.05, 0) is 25.1 Å². The predicted octanol–water partition coefficient (Wildman–Crippen LogP) is 2.57. The van der Waals surface area contributed by atoms with Gasteiger partial charge in [0, 0.05) is 11.1 Å². The van der Waals surface area contributed by atoms with Crippen LogP contribution in [0.15, 0.2) is 40.0 Å². The van der Waals surface area contributed by atoms with E-state index in [0.29, 0.717) is 16.5 Å². The number of nitriles is 1. The lowest BCUT2D eigenvalue weighted by Gasteiger charge is -2.02. The highest BCUT2D eigenvalue weighted by atomic mass is 35.5. The Balaban J connectivity index is 2.06. The molecule has 0 radical (unpaired) electrons. The van der Waals surface area contributed by atoms with E-state index >= 15 is 0 Å². The number of hydrogen-bond donors (Lipinski definition) is 2. The van der Waals surface area contributed by atoms with E-state index in [1.54, 1.807) is 37.3 Å². The van der Waals surface area contributed by atoms with E-state index in [1.807, 2.05) is 0 Å². The Morgan fingerprint density at radius 1 is 1.48 bits per heavy atom.